The van der Waals surface area contributed by atoms with Crippen molar-refractivity contribution in [3.05, 3.63) is 120 Å². The van der Waals surface area contributed by atoms with Gasteiger partial charge in [0, 0.05) is 29.6 Å². The van der Waals surface area contributed by atoms with Gasteiger partial charge in [0.25, 0.3) is 5.91 Å². The molecule has 1 amide bonds. The van der Waals surface area contributed by atoms with E-state index < -0.39 is 17.9 Å². The van der Waals surface area contributed by atoms with Crippen molar-refractivity contribution in [1.82, 2.24) is 10.3 Å². The number of aromatic amines is 1. The molecule has 0 aliphatic heterocycles. The zero-order valence-electron chi connectivity index (χ0n) is 21.3. The number of esters is 1. The van der Waals surface area contributed by atoms with Crippen molar-refractivity contribution in [3.63, 3.8) is 0 Å². The second kappa shape index (κ2) is 12.5. The zero-order valence-corrected chi connectivity index (χ0v) is 21.3. The van der Waals surface area contributed by atoms with Gasteiger partial charge in [-0.2, -0.15) is 0 Å². The number of nitrogen functional groups attached to an aromatic ring is 1. The predicted molar refractivity (Wildman–Crippen MR) is 149 cm³/mol. The lowest BCUT2D eigenvalue weighted by Crippen LogP contribution is -2.45. The van der Waals surface area contributed by atoms with Crippen LogP contribution in [-0.4, -0.2) is 35.8 Å². The second-order valence-electron chi connectivity index (χ2n) is 9.23. The number of amidine groups is 1. The Morgan fingerprint density at radius 1 is 0.921 bits per heavy atom. The molecule has 38 heavy (non-hydrogen) atoms. The molecule has 0 unspecified atom stereocenters. The Kier molecular flexibility index (Phi) is 8.72. The minimum atomic E-state index is -0.631. The molecule has 0 aliphatic rings. The number of nitrogens with one attached hydrogen (secondary N) is 3. The highest BCUT2D eigenvalue weighted by molar-refractivity contribution is 5.96. The third-order valence-electron chi connectivity index (χ3n) is 6.66. The summed E-state index contributed by atoms with van der Waals surface area (Å²) in [5.74, 6) is -1.33. The number of hydrogen-bond donors (Lipinski definition) is 4. The SMILES string of the molecule is COC(=O)[C@H](Cc1cccc(C(=N)N)c1)[C@@H](CCc1ccccc1)NC(=O)c1ccc(-c2cc[nH]c2)cc1. The number of ether oxygens (including phenoxy) is 1. The van der Waals surface area contributed by atoms with E-state index in [4.69, 9.17) is 15.9 Å². The van der Waals surface area contributed by atoms with Crippen LogP contribution >= 0.6 is 0 Å². The molecule has 2 atom stereocenters. The van der Waals surface area contributed by atoms with Crippen LogP contribution in [0.15, 0.2) is 97.3 Å². The van der Waals surface area contributed by atoms with Gasteiger partial charge in [0.1, 0.15) is 5.84 Å². The van der Waals surface area contributed by atoms with Gasteiger partial charge in [-0.3, -0.25) is 15.0 Å². The average Bonchev–Trinajstić information content (AvgIpc) is 3.49. The molecule has 0 aliphatic carbocycles. The van der Waals surface area contributed by atoms with Gasteiger partial charge in [-0.1, -0.05) is 60.7 Å². The highest BCUT2D eigenvalue weighted by Crippen LogP contribution is 2.22. The third kappa shape index (κ3) is 6.76. The van der Waals surface area contributed by atoms with E-state index in [-0.39, 0.29) is 11.7 Å². The van der Waals surface area contributed by atoms with Crippen LogP contribution in [0.4, 0.5) is 0 Å². The number of carbonyl (C=O) groups excluding carboxylic acids is 2. The number of amides is 1. The standard InChI is InChI=1S/C31H32N4O3/c1-38-31(37)27(19-22-8-5-9-25(18-22)29(32)33)28(15-10-21-6-3-2-4-7-21)35-30(36)24-13-11-23(12-14-24)26-16-17-34-20-26/h2-9,11-14,16-18,20,27-28,34H,10,15,19H2,1H3,(H3,32,33)(H,35,36)/t27-,28-/m1/s1. The first kappa shape index (κ1) is 26.4. The predicted octanol–water partition coefficient (Wildman–Crippen LogP) is 4.73. The number of methoxy groups -OCH3 is 1. The Balaban J connectivity index is 1.59. The average molecular weight is 509 g/mol. The highest BCUT2D eigenvalue weighted by atomic mass is 16.5. The summed E-state index contributed by atoms with van der Waals surface area (Å²) < 4.78 is 5.18. The third-order valence-corrected chi connectivity index (χ3v) is 6.66. The van der Waals surface area contributed by atoms with Crippen LogP contribution in [0.1, 0.15) is 33.5 Å². The van der Waals surface area contributed by atoms with Gasteiger partial charge in [0.2, 0.25) is 0 Å². The lowest BCUT2D eigenvalue weighted by atomic mass is 9.87. The summed E-state index contributed by atoms with van der Waals surface area (Å²) in [6.07, 6.45) is 5.31. The molecule has 0 saturated carbocycles. The van der Waals surface area contributed by atoms with Crippen LogP contribution < -0.4 is 11.1 Å². The maximum absolute atomic E-state index is 13.4. The van der Waals surface area contributed by atoms with Crippen molar-refractivity contribution in [2.75, 3.05) is 7.11 Å². The molecule has 0 saturated heterocycles. The number of aromatic nitrogens is 1. The van der Waals surface area contributed by atoms with Crippen molar-refractivity contribution < 1.29 is 14.3 Å². The van der Waals surface area contributed by atoms with Crippen LogP contribution in [0.2, 0.25) is 0 Å². The van der Waals surface area contributed by atoms with Crippen LogP contribution in [0.5, 0.6) is 0 Å². The zero-order chi connectivity index (χ0) is 26.9. The quantitative estimate of drug-likeness (QED) is 0.133. The van der Waals surface area contributed by atoms with E-state index in [2.05, 4.69) is 10.3 Å². The lowest BCUT2D eigenvalue weighted by Gasteiger charge is -2.27. The van der Waals surface area contributed by atoms with Gasteiger partial charge in [0.05, 0.1) is 13.0 Å². The molecule has 4 aromatic rings. The first-order valence-corrected chi connectivity index (χ1v) is 12.5. The molecule has 0 spiro atoms. The van der Waals surface area contributed by atoms with E-state index in [1.54, 1.807) is 24.3 Å². The molecule has 7 heteroatoms. The fraction of sp³-hybridized carbons (Fsp3) is 0.194. The van der Waals surface area contributed by atoms with Gasteiger partial charge in [-0.25, -0.2) is 0 Å². The first-order chi connectivity index (χ1) is 18.4. The van der Waals surface area contributed by atoms with Crippen LogP contribution in [0.25, 0.3) is 11.1 Å². The monoisotopic (exact) mass is 508 g/mol. The molecule has 0 fully saturated rings. The Labute approximate surface area is 222 Å². The van der Waals surface area contributed by atoms with E-state index in [9.17, 15) is 9.59 Å². The van der Waals surface area contributed by atoms with Gasteiger partial charge >= 0.3 is 5.97 Å². The van der Waals surface area contributed by atoms with Crippen molar-refractivity contribution in [2.24, 2.45) is 11.7 Å². The number of aryl methyl sites for hydroxylation is 1. The minimum absolute atomic E-state index is 0.0431. The van der Waals surface area contributed by atoms with Crippen LogP contribution in [0, 0.1) is 11.3 Å². The van der Waals surface area contributed by atoms with E-state index in [1.807, 2.05) is 73.1 Å². The Morgan fingerprint density at radius 3 is 2.32 bits per heavy atom. The molecule has 7 nitrogen and oxygen atoms in total. The molecule has 1 heterocycles. The van der Waals surface area contributed by atoms with E-state index in [1.165, 1.54) is 7.11 Å². The molecule has 194 valence electrons. The number of hydrogen-bond acceptors (Lipinski definition) is 4. The summed E-state index contributed by atoms with van der Waals surface area (Å²) in [6, 6.07) is 26.1. The highest BCUT2D eigenvalue weighted by Gasteiger charge is 2.31. The minimum Gasteiger partial charge on any atom is -0.469 e. The summed E-state index contributed by atoms with van der Waals surface area (Å²) in [5.41, 5.74) is 10.8. The van der Waals surface area contributed by atoms with Gasteiger partial charge in [-0.15, -0.1) is 0 Å². The van der Waals surface area contributed by atoms with E-state index >= 15 is 0 Å². The fourth-order valence-electron chi connectivity index (χ4n) is 4.57. The van der Waals surface area contributed by atoms with Crippen molar-refractivity contribution in [2.45, 2.75) is 25.3 Å². The molecular formula is C31H32N4O3. The summed E-state index contributed by atoms with van der Waals surface area (Å²) in [5, 5.41) is 10.9. The summed E-state index contributed by atoms with van der Waals surface area (Å²) in [7, 11) is 1.36. The normalized spacial score (nSPS) is 12.3. The number of benzene rings is 3. The molecule has 4 rings (SSSR count). The van der Waals surface area contributed by atoms with Gasteiger partial charge < -0.3 is 20.8 Å². The van der Waals surface area contributed by atoms with Crippen LogP contribution in [0.3, 0.4) is 0 Å². The largest absolute Gasteiger partial charge is 0.469 e. The van der Waals surface area contributed by atoms with Crippen molar-refractivity contribution in [3.8, 4) is 11.1 Å². The fourth-order valence-corrected chi connectivity index (χ4v) is 4.57. The number of nitrogens with two attached hydrogens (primary N) is 1. The molecule has 0 radical (unpaired) electrons. The van der Waals surface area contributed by atoms with Crippen LogP contribution in [-0.2, 0) is 22.4 Å². The molecule has 5 N–H and O–H groups in total. The summed E-state index contributed by atoms with van der Waals surface area (Å²) in [6.45, 7) is 0. The number of H-pyrrole nitrogens is 1. The smallest absolute Gasteiger partial charge is 0.311 e. The summed E-state index contributed by atoms with van der Waals surface area (Å²) >= 11 is 0. The molecular weight excluding hydrogens is 476 g/mol. The molecule has 0 bridgehead atoms. The van der Waals surface area contributed by atoms with Crippen molar-refractivity contribution in [1.29, 1.82) is 5.41 Å². The van der Waals surface area contributed by atoms with Crippen molar-refractivity contribution >= 4 is 17.7 Å². The maximum Gasteiger partial charge on any atom is 0.311 e. The number of rotatable bonds is 11. The van der Waals surface area contributed by atoms with Gasteiger partial charge in [0.15, 0.2) is 0 Å². The van der Waals surface area contributed by atoms with E-state index in [0.717, 1.165) is 22.3 Å². The topological polar surface area (TPSA) is 121 Å². The maximum atomic E-state index is 13.4. The Bertz CT molecular complexity index is 1370. The van der Waals surface area contributed by atoms with Gasteiger partial charge in [-0.05, 0) is 65.8 Å². The van der Waals surface area contributed by atoms with E-state index in [0.29, 0.717) is 30.4 Å². The summed E-state index contributed by atoms with van der Waals surface area (Å²) in [4.78, 5) is 29.4. The first-order valence-electron chi connectivity index (χ1n) is 12.5. The Hall–Kier alpha value is -4.65. The lowest BCUT2D eigenvalue weighted by molar-refractivity contribution is -0.146. The molecule has 1 aromatic heterocycles. The molecule has 3 aromatic carbocycles. The second-order valence-corrected chi connectivity index (χ2v) is 9.23. The Morgan fingerprint density at radius 2 is 1.66 bits per heavy atom. The number of carbonyl (C=O) groups is 2.